The van der Waals surface area contributed by atoms with Crippen molar-refractivity contribution < 1.29 is 19.4 Å². The minimum Gasteiger partial charge on any atom is -0.481 e. The molecular formula is C18H25NO4. The van der Waals surface area contributed by atoms with E-state index in [0.29, 0.717) is 26.1 Å². The third kappa shape index (κ3) is 6.02. The van der Waals surface area contributed by atoms with E-state index in [1.807, 2.05) is 0 Å². The number of nitrogens with zero attached hydrogens (tertiary/aromatic N) is 1. The van der Waals surface area contributed by atoms with Gasteiger partial charge in [-0.3, -0.25) is 9.59 Å². The molecule has 23 heavy (non-hydrogen) atoms. The summed E-state index contributed by atoms with van der Waals surface area (Å²) in [6.45, 7) is 3.45. The van der Waals surface area contributed by atoms with E-state index < -0.39 is 5.97 Å². The van der Waals surface area contributed by atoms with Gasteiger partial charge in [0.2, 0.25) is 5.91 Å². The minimum absolute atomic E-state index is 0.0444. The van der Waals surface area contributed by atoms with Crippen LogP contribution in [0.2, 0.25) is 0 Å². The number of rotatable bonds is 7. The second kappa shape index (κ2) is 8.67. The number of carbonyl (C=O) groups is 2. The molecule has 0 radical (unpaired) electrons. The van der Waals surface area contributed by atoms with Crippen LogP contribution in [0.25, 0.3) is 0 Å². The zero-order chi connectivity index (χ0) is 16.7. The van der Waals surface area contributed by atoms with Crippen LogP contribution >= 0.6 is 0 Å². The Kier molecular flexibility index (Phi) is 6.59. The third-order valence-corrected chi connectivity index (χ3v) is 4.12. The summed E-state index contributed by atoms with van der Waals surface area (Å²) in [7, 11) is 0. The maximum atomic E-state index is 12.2. The van der Waals surface area contributed by atoms with Gasteiger partial charge in [0.15, 0.2) is 0 Å². The standard InChI is InChI=1S/C18H25NO4/c1-14-6-8-15(9-7-14)4-2-3-5-17(20)19-10-11-23-16(13-19)12-18(21)22/h6-9,16H,2-5,10-13H2,1H3,(H,21,22). The zero-order valence-electron chi connectivity index (χ0n) is 13.7. The average molecular weight is 319 g/mol. The maximum absolute atomic E-state index is 12.2. The van der Waals surface area contributed by atoms with Gasteiger partial charge in [0.25, 0.3) is 0 Å². The Hall–Kier alpha value is -1.88. The van der Waals surface area contributed by atoms with Crippen LogP contribution in [0.1, 0.15) is 36.8 Å². The Balaban J connectivity index is 1.67. The van der Waals surface area contributed by atoms with Crippen LogP contribution in [0.4, 0.5) is 0 Å². The molecule has 1 fully saturated rings. The van der Waals surface area contributed by atoms with Crippen molar-refractivity contribution in [2.45, 2.75) is 45.1 Å². The molecule has 1 aromatic rings. The number of carboxylic acid groups (broad SMARTS) is 1. The number of morpholine rings is 1. The van der Waals surface area contributed by atoms with Gasteiger partial charge in [-0.25, -0.2) is 0 Å². The van der Waals surface area contributed by atoms with Crippen LogP contribution < -0.4 is 0 Å². The lowest BCUT2D eigenvalue weighted by atomic mass is 10.1. The maximum Gasteiger partial charge on any atom is 0.306 e. The van der Waals surface area contributed by atoms with Gasteiger partial charge in [-0.05, 0) is 31.7 Å². The van der Waals surface area contributed by atoms with Gasteiger partial charge < -0.3 is 14.7 Å². The molecule has 1 amide bonds. The molecule has 1 N–H and O–H groups in total. The minimum atomic E-state index is -0.887. The first kappa shape index (κ1) is 17.5. The van der Waals surface area contributed by atoms with E-state index in [1.54, 1.807) is 4.90 Å². The molecule has 1 saturated heterocycles. The number of ether oxygens (including phenoxy) is 1. The van der Waals surface area contributed by atoms with Crippen molar-refractivity contribution in [3.63, 3.8) is 0 Å². The quantitative estimate of drug-likeness (QED) is 0.784. The monoisotopic (exact) mass is 319 g/mol. The number of aliphatic carboxylic acids is 1. The first-order chi connectivity index (χ1) is 11.0. The van der Waals surface area contributed by atoms with E-state index >= 15 is 0 Å². The highest BCUT2D eigenvalue weighted by atomic mass is 16.5. The Morgan fingerprint density at radius 2 is 2.00 bits per heavy atom. The average Bonchev–Trinajstić information content (AvgIpc) is 2.52. The number of hydrogen-bond acceptors (Lipinski definition) is 3. The largest absolute Gasteiger partial charge is 0.481 e. The van der Waals surface area contributed by atoms with Crippen molar-refractivity contribution in [3.8, 4) is 0 Å². The first-order valence-electron chi connectivity index (χ1n) is 8.21. The summed E-state index contributed by atoms with van der Waals surface area (Å²) < 4.78 is 5.39. The molecule has 0 aliphatic carbocycles. The number of amides is 1. The fourth-order valence-electron chi connectivity index (χ4n) is 2.78. The fraction of sp³-hybridized carbons (Fsp3) is 0.556. The smallest absolute Gasteiger partial charge is 0.306 e. The van der Waals surface area contributed by atoms with Crippen molar-refractivity contribution in [2.24, 2.45) is 0 Å². The molecular weight excluding hydrogens is 294 g/mol. The van der Waals surface area contributed by atoms with Gasteiger partial charge in [-0.1, -0.05) is 29.8 Å². The molecule has 5 heteroatoms. The molecule has 1 unspecified atom stereocenters. The number of benzene rings is 1. The summed E-state index contributed by atoms with van der Waals surface area (Å²) in [5.74, 6) is -0.782. The van der Waals surface area contributed by atoms with Crippen LogP contribution in [0.5, 0.6) is 0 Å². The molecule has 1 heterocycles. The Bertz CT molecular complexity index is 526. The number of carboxylic acids is 1. The van der Waals surface area contributed by atoms with E-state index in [-0.39, 0.29) is 18.4 Å². The van der Waals surface area contributed by atoms with Crippen molar-refractivity contribution in [2.75, 3.05) is 19.7 Å². The highest BCUT2D eigenvalue weighted by Gasteiger charge is 2.25. The summed E-state index contributed by atoms with van der Waals surface area (Å²) >= 11 is 0. The molecule has 1 atom stereocenters. The lowest BCUT2D eigenvalue weighted by molar-refractivity contribution is -0.147. The number of hydrogen-bond donors (Lipinski definition) is 1. The summed E-state index contributed by atoms with van der Waals surface area (Å²) in [6, 6.07) is 8.48. The third-order valence-electron chi connectivity index (χ3n) is 4.12. The fourth-order valence-corrected chi connectivity index (χ4v) is 2.78. The number of unbranched alkanes of at least 4 members (excludes halogenated alkanes) is 1. The molecule has 0 spiro atoms. The van der Waals surface area contributed by atoms with Gasteiger partial charge in [-0.15, -0.1) is 0 Å². The predicted molar refractivity (Wildman–Crippen MR) is 87.3 cm³/mol. The van der Waals surface area contributed by atoms with E-state index in [4.69, 9.17) is 9.84 Å². The molecule has 126 valence electrons. The highest BCUT2D eigenvalue weighted by Crippen LogP contribution is 2.13. The van der Waals surface area contributed by atoms with Crippen LogP contribution in [-0.2, 0) is 20.7 Å². The first-order valence-corrected chi connectivity index (χ1v) is 8.21. The molecule has 1 aromatic carbocycles. The highest BCUT2D eigenvalue weighted by molar-refractivity contribution is 5.76. The van der Waals surface area contributed by atoms with Crippen molar-refractivity contribution in [3.05, 3.63) is 35.4 Å². The van der Waals surface area contributed by atoms with Crippen molar-refractivity contribution >= 4 is 11.9 Å². The van der Waals surface area contributed by atoms with Gasteiger partial charge >= 0.3 is 5.97 Å². The van der Waals surface area contributed by atoms with Crippen molar-refractivity contribution in [1.29, 1.82) is 0 Å². The predicted octanol–water partition coefficient (Wildman–Crippen LogP) is 2.41. The second-order valence-electron chi connectivity index (χ2n) is 6.12. The van der Waals surface area contributed by atoms with Crippen LogP contribution in [0, 0.1) is 6.92 Å². The lowest BCUT2D eigenvalue weighted by Gasteiger charge is -2.32. The van der Waals surface area contributed by atoms with Gasteiger partial charge in [0, 0.05) is 19.5 Å². The van der Waals surface area contributed by atoms with E-state index in [2.05, 4.69) is 31.2 Å². The Labute approximate surface area is 137 Å². The summed E-state index contributed by atoms with van der Waals surface area (Å²) in [6.07, 6.45) is 2.92. The van der Waals surface area contributed by atoms with E-state index in [0.717, 1.165) is 19.3 Å². The number of aryl methyl sites for hydroxylation is 2. The Morgan fingerprint density at radius 1 is 1.26 bits per heavy atom. The normalized spacial score (nSPS) is 18.0. The second-order valence-corrected chi connectivity index (χ2v) is 6.12. The van der Waals surface area contributed by atoms with Gasteiger partial charge in [0.05, 0.1) is 19.1 Å². The molecule has 1 aliphatic heterocycles. The van der Waals surface area contributed by atoms with E-state index in [9.17, 15) is 9.59 Å². The van der Waals surface area contributed by atoms with Gasteiger partial charge in [-0.2, -0.15) is 0 Å². The van der Waals surface area contributed by atoms with Gasteiger partial charge in [0.1, 0.15) is 0 Å². The zero-order valence-corrected chi connectivity index (χ0v) is 13.7. The molecule has 1 aliphatic rings. The lowest BCUT2D eigenvalue weighted by Crippen LogP contribution is -2.46. The molecule has 0 aromatic heterocycles. The summed E-state index contributed by atoms with van der Waals surface area (Å²) in [5, 5.41) is 8.81. The number of carbonyl (C=O) groups excluding carboxylic acids is 1. The van der Waals surface area contributed by atoms with Crippen LogP contribution in [0.15, 0.2) is 24.3 Å². The summed E-state index contributed by atoms with van der Waals surface area (Å²) in [4.78, 5) is 24.7. The molecule has 0 bridgehead atoms. The Morgan fingerprint density at radius 3 is 2.70 bits per heavy atom. The molecule has 2 rings (SSSR count). The molecule has 0 saturated carbocycles. The van der Waals surface area contributed by atoms with Crippen LogP contribution in [-0.4, -0.2) is 47.7 Å². The van der Waals surface area contributed by atoms with E-state index in [1.165, 1.54) is 11.1 Å². The summed E-state index contributed by atoms with van der Waals surface area (Å²) in [5.41, 5.74) is 2.56. The van der Waals surface area contributed by atoms with Crippen LogP contribution in [0.3, 0.4) is 0 Å². The topological polar surface area (TPSA) is 66.8 Å². The van der Waals surface area contributed by atoms with Crippen molar-refractivity contribution in [1.82, 2.24) is 4.90 Å². The SMILES string of the molecule is Cc1ccc(CCCCC(=O)N2CCOC(CC(=O)O)C2)cc1. The molecule has 5 nitrogen and oxygen atoms in total.